The van der Waals surface area contributed by atoms with Crippen LogP contribution in [0.1, 0.15) is 25.1 Å². The maximum Gasteiger partial charge on any atom is 0.245 e. The zero-order valence-electron chi connectivity index (χ0n) is 13.2. The summed E-state index contributed by atoms with van der Waals surface area (Å²) in [5.41, 5.74) is 1.65. The molecule has 0 bridgehead atoms. The van der Waals surface area contributed by atoms with Gasteiger partial charge in [0, 0.05) is 18.3 Å². The number of fused-ring (bicyclic) bond motifs is 1. The van der Waals surface area contributed by atoms with Crippen LogP contribution in [0.25, 0.3) is 11.0 Å². The molecule has 0 aliphatic carbocycles. The molecule has 2 aromatic heterocycles. The molecule has 0 fully saturated rings. The maximum absolute atomic E-state index is 14.0. The number of benzene rings is 1. The van der Waals surface area contributed by atoms with E-state index in [1.54, 1.807) is 37.0 Å². The molecule has 23 heavy (non-hydrogen) atoms. The number of nitrogens with one attached hydrogen (secondary N) is 2. The molecule has 3 rings (SSSR count). The van der Waals surface area contributed by atoms with Gasteiger partial charge in [-0.3, -0.25) is 4.79 Å². The van der Waals surface area contributed by atoms with E-state index in [0.717, 1.165) is 11.2 Å². The van der Waals surface area contributed by atoms with Crippen LogP contribution in [0.5, 0.6) is 0 Å². The Kier molecular flexibility index (Phi) is 3.63. The van der Waals surface area contributed by atoms with Gasteiger partial charge in [-0.2, -0.15) is 0 Å². The van der Waals surface area contributed by atoms with Crippen LogP contribution in [-0.2, 0) is 16.9 Å². The van der Waals surface area contributed by atoms with Crippen molar-refractivity contribution >= 4 is 16.9 Å². The van der Waals surface area contributed by atoms with Crippen LogP contribution in [-0.4, -0.2) is 25.4 Å². The average molecular weight is 315 g/mol. The van der Waals surface area contributed by atoms with Crippen molar-refractivity contribution in [2.75, 3.05) is 0 Å². The molecule has 6 nitrogen and oxygen atoms in total. The Bertz CT molecular complexity index is 864. The number of hydrogen-bond acceptors (Lipinski definition) is 3. The molecule has 2 heterocycles. The minimum Gasteiger partial charge on any atom is -0.350 e. The quantitative estimate of drug-likeness (QED) is 0.775. The van der Waals surface area contributed by atoms with Crippen LogP contribution >= 0.6 is 0 Å². The molecule has 0 saturated carbocycles. The zero-order chi connectivity index (χ0) is 16.6. The number of aromatic nitrogens is 4. The summed E-state index contributed by atoms with van der Waals surface area (Å²) in [6.07, 6.45) is 4.92. The topological polar surface area (TPSA) is 75.6 Å². The Hall–Kier alpha value is -2.70. The smallest absolute Gasteiger partial charge is 0.245 e. The second-order valence-electron chi connectivity index (χ2n) is 5.99. The van der Waals surface area contributed by atoms with Gasteiger partial charge in [0.2, 0.25) is 5.91 Å². The Balaban J connectivity index is 1.80. The molecule has 1 aromatic carbocycles. The molecule has 0 aliphatic rings. The van der Waals surface area contributed by atoms with Gasteiger partial charge in [0.15, 0.2) is 0 Å². The monoisotopic (exact) mass is 315 g/mol. The number of imidazole rings is 2. The Morgan fingerprint density at radius 3 is 2.87 bits per heavy atom. The number of rotatable bonds is 4. The number of H-pyrrole nitrogens is 1. The van der Waals surface area contributed by atoms with E-state index in [9.17, 15) is 9.18 Å². The molecule has 2 N–H and O–H groups in total. The van der Waals surface area contributed by atoms with Crippen LogP contribution in [0.3, 0.4) is 0 Å². The van der Waals surface area contributed by atoms with Gasteiger partial charge in [0.1, 0.15) is 11.4 Å². The van der Waals surface area contributed by atoms with Crippen LogP contribution < -0.4 is 5.32 Å². The Morgan fingerprint density at radius 2 is 2.17 bits per heavy atom. The van der Waals surface area contributed by atoms with Gasteiger partial charge in [-0.15, -0.1) is 0 Å². The van der Waals surface area contributed by atoms with E-state index in [4.69, 9.17) is 0 Å². The first kappa shape index (κ1) is 15.2. The van der Waals surface area contributed by atoms with Crippen molar-refractivity contribution in [1.29, 1.82) is 0 Å². The number of halogens is 1. The molecular weight excluding hydrogens is 297 g/mol. The third-order valence-corrected chi connectivity index (χ3v) is 3.98. The highest BCUT2D eigenvalue weighted by atomic mass is 19.1. The first-order valence-electron chi connectivity index (χ1n) is 7.29. The zero-order valence-corrected chi connectivity index (χ0v) is 13.2. The van der Waals surface area contributed by atoms with Gasteiger partial charge in [-0.25, -0.2) is 14.4 Å². The van der Waals surface area contributed by atoms with E-state index in [2.05, 4.69) is 20.3 Å². The van der Waals surface area contributed by atoms with E-state index in [-0.39, 0.29) is 18.3 Å². The standard InChI is InChI=1S/C16H18FN5O/c1-10-7-22(9-21-10)16(2,3)15(23)18-6-11-12(17)4-5-13-14(11)20-8-19-13/h4-5,7-9H,6H2,1-3H3,(H,18,23)(H,19,20). The third kappa shape index (κ3) is 2.69. The molecule has 0 aliphatic heterocycles. The third-order valence-electron chi connectivity index (χ3n) is 3.98. The number of aromatic amines is 1. The van der Waals surface area contributed by atoms with Crippen LogP contribution in [0, 0.1) is 12.7 Å². The lowest BCUT2D eigenvalue weighted by Crippen LogP contribution is -2.43. The molecule has 3 aromatic rings. The van der Waals surface area contributed by atoms with Gasteiger partial charge in [-0.05, 0) is 32.9 Å². The summed E-state index contributed by atoms with van der Waals surface area (Å²) in [5.74, 6) is -0.608. The van der Waals surface area contributed by atoms with Gasteiger partial charge in [0.05, 0.1) is 29.4 Å². The minimum atomic E-state index is -0.822. The highest BCUT2D eigenvalue weighted by molar-refractivity contribution is 5.84. The first-order chi connectivity index (χ1) is 10.9. The van der Waals surface area contributed by atoms with Gasteiger partial charge >= 0.3 is 0 Å². The average Bonchev–Trinajstić information content (AvgIpc) is 3.14. The summed E-state index contributed by atoms with van der Waals surface area (Å²) >= 11 is 0. The predicted octanol–water partition coefficient (Wildman–Crippen LogP) is 2.26. The second kappa shape index (κ2) is 5.49. The molecule has 1 amide bonds. The molecule has 0 spiro atoms. The van der Waals surface area contributed by atoms with Gasteiger partial charge in [-0.1, -0.05) is 0 Å². The van der Waals surface area contributed by atoms with Crippen LogP contribution in [0.15, 0.2) is 31.0 Å². The van der Waals surface area contributed by atoms with Crippen molar-refractivity contribution in [3.8, 4) is 0 Å². The van der Waals surface area contributed by atoms with E-state index < -0.39 is 5.54 Å². The summed E-state index contributed by atoms with van der Waals surface area (Å²) in [6, 6.07) is 2.99. The normalized spacial score (nSPS) is 11.8. The fraction of sp³-hybridized carbons (Fsp3) is 0.312. The van der Waals surface area contributed by atoms with Crippen molar-refractivity contribution in [1.82, 2.24) is 24.8 Å². The van der Waals surface area contributed by atoms with Crippen LogP contribution in [0.4, 0.5) is 4.39 Å². The second-order valence-corrected chi connectivity index (χ2v) is 5.99. The lowest BCUT2D eigenvalue weighted by molar-refractivity contribution is -0.128. The molecule has 0 atom stereocenters. The Morgan fingerprint density at radius 1 is 1.39 bits per heavy atom. The van der Waals surface area contributed by atoms with E-state index in [0.29, 0.717) is 11.1 Å². The molecule has 7 heteroatoms. The SMILES string of the molecule is Cc1cn(C(C)(C)C(=O)NCc2c(F)ccc3[nH]cnc23)cn1. The lowest BCUT2D eigenvalue weighted by atomic mass is 10.0. The summed E-state index contributed by atoms with van der Waals surface area (Å²) in [4.78, 5) is 23.7. The predicted molar refractivity (Wildman–Crippen MR) is 84.2 cm³/mol. The molecule has 120 valence electrons. The highest BCUT2D eigenvalue weighted by Crippen LogP contribution is 2.20. The summed E-state index contributed by atoms with van der Waals surface area (Å²) in [5, 5.41) is 2.79. The number of aryl methyl sites for hydroxylation is 1. The van der Waals surface area contributed by atoms with E-state index >= 15 is 0 Å². The van der Waals surface area contributed by atoms with Crippen molar-refractivity contribution < 1.29 is 9.18 Å². The maximum atomic E-state index is 14.0. The lowest BCUT2D eigenvalue weighted by Gasteiger charge is -2.25. The fourth-order valence-corrected chi connectivity index (χ4v) is 2.44. The fourth-order valence-electron chi connectivity index (χ4n) is 2.44. The van der Waals surface area contributed by atoms with E-state index in [1.165, 1.54) is 12.4 Å². The molecular formula is C16H18FN5O. The number of nitrogens with zero attached hydrogens (tertiary/aromatic N) is 3. The van der Waals surface area contributed by atoms with Gasteiger partial charge in [0.25, 0.3) is 0 Å². The number of carbonyl (C=O) groups is 1. The number of carbonyl (C=O) groups excluding carboxylic acids is 1. The van der Waals surface area contributed by atoms with Crippen molar-refractivity contribution in [2.24, 2.45) is 0 Å². The van der Waals surface area contributed by atoms with Crippen LogP contribution in [0.2, 0.25) is 0 Å². The largest absolute Gasteiger partial charge is 0.350 e. The first-order valence-corrected chi connectivity index (χ1v) is 7.29. The van der Waals surface area contributed by atoms with Crippen molar-refractivity contribution in [3.63, 3.8) is 0 Å². The van der Waals surface area contributed by atoms with Crippen molar-refractivity contribution in [2.45, 2.75) is 32.9 Å². The molecule has 0 saturated heterocycles. The minimum absolute atomic E-state index is 0.0734. The molecule has 0 unspecified atom stereocenters. The summed E-state index contributed by atoms with van der Waals surface area (Å²) in [7, 11) is 0. The van der Waals surface area contributed by atoms with Gasteiger partial charge < -0.3 is 14.9 Å². The van der Waals surface area contributed by atoms with Crippen molar-refractivity contribution in [3.05, 3.63) is 48.1 Å². The van der Waals surface area contributed by atoms with E-state index in [1.807, 2.05) is 6.92 Å². The highest BCUT2D eigenvalue weighted by Gasteiger charge is 2.29. The molecule has 0 radical (unpaired) electrons. The summed E-state index contributed by atoms with van der Waals surface area (Å²) in [6.45, 7) is 5.51. The number of amides is 1. The summed E-state index contributed by atoms with van der Waals surface area (Å²) < 4.78 is 15.8. The Labute approximate surface area is 132 Å². The number of hydrogen-bond donors (Lipinski definition) is 2.